The van der Waals surface area contributed by atoms with Gasteiger partial charge in [0.1, 0.15) is 14.1 Å². The number of benzene rings is 2. The van der Waals surface area contributed by atoms with Crippen molar-refractivity contribution in [3.8, 4) is 0 Å². The number of alkyl halides is 3. The highest BCUT2D eigenvalue weighted by molar-refractivity contribution is 6.04. The summed E-state index contributed by atoms with van der Waals surface area (Å²) in [4.78, 5) is 1.96. The van der Waals surface area contributed by atoms with E-state index in [-0.39, 0.29) is 5.56 Å². The Labute approximate surface area is 169 Å². The van der Waals surface area contributed by atoms with Crippen molar-refractivity contribution in [2.24, 2.45) is 0 Å². The van der Waals surface area contributed by atoms with Gasteiger partial charge < -0.3 is 4.90 Å². The van der Waals surface area contributed by atoms with Crippen molar-refractivity contribution in [2.45, 2.75) is 6.18 Å². The molecule has 2 aromatic carbocycles. The third-order valence-corrected chi connectivity index (χ3v) is 4.85. The zero-order chi connectivity index (χ0) is 21.2. The van der Waals surface area contributed by atoms with Crippen molar-refractivity contribution < 1.29 is 17.7 Å². The highest BCUT2D eigenvalue weighted by Gasteiger charge is 2.34. The molecular weight excluding hydrogens is 373 g/mol. The van der Waals surface area contributed by atoms with Gasteiger partial charge in [0.05, 0.1) is 5.56 Å². The van der Waals surface area contributed by atoms with Gasteiger partial charge in [0.15, 0.2) is 5.71 Å². The first-order chi connectivity index (χ1) is 13.7. The summed E-state index contributed by atoms with van der Waals surface area (Å²) in [5.74, 6) is 0. The fourth-order valence-electron chi connectivity index (χ4n) is 3.28. The Kier molecular flexibility index (Phi) is 5.78. The lowest BCUT2D eigenvalue weighted by Gasteiger charge is -2.19. The van der Waals surface area contributed by atoms with Crippen molar-refractivity contribution in [3.63, 3.8) is 0 Å². The van der Waals surface area contributed by atoms with Crippen LogP contribution in [-0.4, -0.2) is 38.5 Å². The lowest BCUT2D eigenvalue weighted by atomic mass is 9.88. The molecule has 2 nitrogen and oxygen atoms in total. The Balaban J connectivity index is 2.25. The zero-order valence-electron chi connectivity index (χ0n) is 17.0. The van der Waals surface area contributed by atoms with Crippen LogP contribution < -0.4 is 4.90 Å². The van der Waals surface area contributed by atoms with Gasteiger partial charge in [-0.2, -0.15) is 13.2 Å². The Hall–Kier alpha value is -3.08. The molecule has 0 aliphatic heterocycles. The lowest BCUT2D eigenvalue weighted by Crippen LogP contribution is -2.12. The molecule has 0 saturated carbocycles. The van der Waals surface area contributed by atoms with Crippen LogP contribution in [0.15, 0.2) is 78.4 Å². The molecule has 29 heavy (non-hydrogen) atoms. The van der Waals surface area contributed by atoms with Crippen molar-refractivity contribution >= 4 is 17.0 Å². The largest absolute Gasteiger partial charge is 0.417 e. The Bertz CT molecular complexity index is 999. The minimum absolute atomic E-state index is 0.176. The number of nitrogens with zero attached hydrogens (tertiary/aromatic N) is 2. The van der Waals surface area contributed by atoms with Crippen molar-refractivity contribution in [2.75, 3.05) is 33.1 Å². The summed E-state index contributed by atoms with van der Waals surface area (Å²) in [6.45, 7) is 0. The summed E-state index contributed by atoms with van der Waals surface area (Å²) in [5, 5.41) is 0. The molecule has 0 saturated heterocycles. The number of hydrogen-bond acceptors (Lipinski definition) is 1. The van der Waals surface area contributed by atoms with E-state index < -0.39 is 11.7 Å². The smallest absolute Gasteiger partial charge is 0.378 e. The Morgan fingerprint density at radius 3 is 1.93 bits per heavy atom. The van der Waals surface area contributed by atoms with E-state index in [1.807, 2.05) is 86.2 Å². The van der Waals surface area contributed by atoms with Gasteiger partial charge in [0.2, 0.25) is 0 Å². The molecule has 0 atom stereocenters. The summed E-state index contributed by atoms with van der Waals surface area (Å²) >= 11 is 0. The van der Waals surface area contributed by atoms with Crippen LogP contribution in [0.25, 0.3) is 5.57 Å². The van der Waals surface area contributed by atoms with E-state index in [1.165, 1.54) is 12.1 Å². The fourth-order valence-corrected chi connectivity index (χ4v) is 3.28. The van der Waals surface area contributed by atoms with Crippen LogP contribution in [0.2, 0.25) is 0 Å². The van der Waals surface area contributed by atoms with E-state index in [9.17, 15) is 13.2 Å². The van der Waals surface area contributed by atoms with Gasteiger partial charge in [-0.05, 0) is 52.6 Å². The molecule has 0 amide bonds. The van der Waals surface area contributed by atoms with E-state index in [2.05, 4.69) is 0 Å². The van der Waals surface area contributed by atoms with Crippen molar-refractivity contribution in [1.82, 2.24) is 0 Å². The van der Waals surface area contributed by atoms with Gasteiger partial charge in [-0.25, -0.2) is 4.58 Å². The maximum atomic E-state index is 13.8. The maximum absolute atomic E-state index is 13.8. The first-order valence-corrected chi connectivity index (χ1v) is 9.27. The standard InChI is InChI=1S/C24H24F3N2/c1-28(2)19-13-9-17(10-14-19)23(18-11-15-20(16-12-18)29(3)4)21-7-5-6-8-22(21)24(25,26)27/h5-16H,1-4H3/q+1. The summed E-state index contributed by atoms with van der Waals surface area (Å²) in [7, 11) is 7.72. The number of allylic oxidation sites excluding steroid dienone is 5. The molecule has 1 aliphatic carbocycles. The minimum Gasteiger partial charge on any atom is -0.378 e. The molecule has 1 aliphatic rings. The normalized spacial score (nSPS) is 13.6. The molecule has 0 heterocycles. The molecule has 0 bridgehead atoms. The first kappa shape index (κ1) is 20.6. The number of hydrogen-bond donors (Lipinski definition) is 0. The average Bonchev–Trinajstić information content (AvgIpc) is 2.68. The molecule has 0 spiro atoms. The van der Waals surface area contributed by atoms with Crippen LogP contribution in [0, 0.1) is 0 Å². The monoisotopic (exact) mass is 397 g/mol. The third kappa shape index (κ3) is 4.50. The Morgan fingerprint density at radius 1 is 0.828 bits per heavy atom. The van der Waals surface area contributed by atoms with Gasteiger partial charge >= 0.3 is 6.18 Å². The maximum Gasteiger partial charge on any atom is 0.417 e. The zero-order valence-corrected chi connectivity index (χ0v) is 17.0. The Morgan fingerprint density at radius 2 is 1.41 bits per heavy atom. The minimum atomic E-state index is -4.44. The summed E-state index contributed by atoms with van der Waals surface area (Å²) < 4.78 is 43.2. The number of anilines is 1. The van der Waals surface area contributed by atoms with Gasteiger partial charge in [0.25, 0.3) is 0 Å². The quantitative estimate of drug-likeness (QED) is 0.628. The second-order valence-electron chi connectivity index (χ2n) is 7.30. The average molecular weight is 397 g/mol. The van der Waals surface area contributed by atoms with E-state index >= 15 is 0 Å². The predicted molar refractivity (Wildman–Crippen MR) is 114 cm³/mol. The molecule has 0 fully saturated rings. The highest BCUT2D eigenvalue weighted by atomic mass is 19.4. The van der Waals surface area contributed by atoms with Gasteiger partial charge in [-0.3, -0.25) is 0 Å². The van der Waals surface area contributed by atoms with Crippen LogP contribution in [0.4, 0.5) is 18.9 Å². The molecule has 5 heteroatoms. The molecular formula is C24H24F3N2+. The molecule has 2 aromatic rings. The van der Waals surface area contributed by atoms with Crippen LogP contribution in [0.5, 0.6) is 0 Å². The molecule has 0 unspecified atom stereocenters. The third-order valence-electron chi connectivity index (χ3n) is 4.85. The molecule has 3 rings (SSSR count). The van der Waals surface area contributed by atoms with Gasteiger partial charge in [-0.1, -0.05) is 30.3 Å². The summed E-state index contributed by atoms with van der Waals surface area (Å²) in [6, 6.07) is 13.3. The highest BCUT2D eigenvalue weighted by Crippen LogP contribution is 2.39. The van der Waals surface area contributed by atoms with E-state index in [4.69, 9.17) is 0 Å². The van der Waals surface area contributed by atoms with E-state index in [1.54, 1.807) is 6.07 Å². The fraction of sp³-hybridized carbons (Fsp3) is 0.208. The van der Waals surface area contributed by atoms with Crippen LogP contribution in [-0.2, 0) is 6.18 Å². The lowest BCUT2D eigenvalue weighted by molar-refractivity contribution is -0.462. The van der Waals surface area contributed by atoms with Crippen molar-refractivity contribution in [3.05, 3.63) is 95.1 Å². The van der Waals surface area contributed by atoms with Crippen LogP contribution >= 0.6 is 0 Å². The van der Waals surface area contributed by atoms with Crippen molar-refractivity contribution in [1.29, 1.82) is 0 Å². The number of halogens is 3. The SMILES string of the molecule is CN(C)c1ccc(C(=C2C=CC(=[N+](C)C)C=C2)c2ccccc2C(F)(F)F)cc1. The van der Waals surface area contributed by atoms with E-state index in [0.29, 0.717) is 5.57 Å². The van der Waals surface area contributed by atoms with Crippen LogP contribution in [0.1, 0.15) is 16.7 Å². The van der Waals surface area contributed by atoms with E-state index in [0.717, 1.165) is 28.6 Å². The second kappa shape index (κ2) is 8.11. The number of rotatable bonds is 3. The molecule has 0 N–H and O–H groups in total. The molecule has 150 valence electrons. The summed E-state index contributed by atoms with van der Waals surface area (Å²) in [5.41, 5.74) is 3.56. The topological polar surface area (TPSA) is 6.25 Å². The van der Waals surface area contributed by atoms with Crippen LogP contribution in [0.3, 0.4) is 0 Å². The second-order valence-corrected chi connectivity index (χ2v) is 7.30. The summed E-state index contributed by atoms with van der Waals surface area (Å²) in [6.07, 6.45) is 3.14. The van der Waals surface area contributed by atoms with Gasteiger partial charge in [-0.15, -0.1) is 0 Å². The molecule has 0 aromatic heterocycles. The molecule has 0 radical (unpaired) electrons. The first-order valence-electron chi connectivity index (χ1n) is 9.27. The van der Waals surface area contributed by atoms with Gasteiger partial charge in [0, 0.05) is 31.9 Å². The predicted octanol–water partition coefficient (Wildman–Crippen LogP) is 5.41.